The van der Waals surface area contributed by atoms with Crippen LogP contribution in [-0.2, 0) is 28.6 Å². The zero-order chi connectivity index (χ0) is 26.5. The summed E-state index contributed by atoms with van der Waals surface area (Å²) in [6.45, 7) is 5.57. The van der Waals surface area contributed by atoms with Crippen molar-refractivity contribution in [2.45, 2.75) is 134 Å². The van der Waals surface area contributed by atoms with Gasteiger partial charge in [0.2, 0.25) is 0 Å². The molecule has 6 heteroatoms. The van der Waals surface area contributed by atoms with Crippen LogP contribution in [0.1, 0.15) is 117 Å². The van der Waals surface area contributed by atoms with Crippen molar-refractivity contribution in [1.82, 2.24) is 0 Å². The maximum Gasteiger partial charge on any atom is 0.324 e. The van der Waals surface area contributed by atoms with E-state index in [0.29, 0.717) is 48.3 Å². The van der Waals surface area contributed by atoms with Crippen LogP contribution >= 0.6 is 0 Å². The predicted molar refractivity (Wildman–Crippen MR) is 140 cm³/mol. The second-order valence-electron chi connectivity index (χ2n) is 16.0. The molecule has 0 aromatic rings. The fourth-order valence-electron chi connectivity index (χ4n) is 11.0. The summed E-state index contributed by atoms with van der Waals surface area (Å²) in [7, 11) is 0. The molecular weight excluding hydrogens is 480 g/mol. The van der Waals surface area contributed by atoms with Gasteiger partial charge in [-0.25, -0.2) is 0 Å². The minimum absolute atomic E-state index is 0.151. The fourth-order valence-corrected chi connectivity index (χ4v) is 11.0. The van der Waals surface area contributed by atoms with Crippen molar-refractivity contribution in [3.63, 3.8) is 0 Å². The second kappa shape index (κ2) is 8.46. The molecule has 0 aromatic carbocycles. The standard InChI is InChI=1S/C32H46O6/c1-29(2,3)36-26(33)25-4-5-32(18-25,27(34)37-30-12-19-6-20(13-30)8-21(7-19)14-30)28(35)38-31-15-22-9-23(16-31)11-24(10-22)17-31/h19-25H,4-18H2,1-3H3. The number of ether oxygens (including phenoxy) is 3. The molecule has 6 nitrogen and oxygen atoms in total. The van der Waals surface area contributed by atoms with E-state index >= 15 is 0 Å². The molecule has 0 saturated heterocycles. The summed E-state index contributed by atoms with van der Waals surface area (Å²) in [5, 5.41) is 0. The second-order valence-corrected chi connectivity index (χ2v) is 16.0. The zero-order valence-electron chi connectivity index (χ0n) is 23.6. The molecule has 0 aromatic heterocycles. The maximum atomic E-state index is 14.3. The Hall–Kier alpha value is -1.59. The molecule has 9 rings (SSSR count). The summed E-state index contributed by atoms with van der Waals surface area (Å²) in [4.78, 5) is 41.6. The quantitative estimate of drug-likeness (QED) is 0.243. The zero-order valence-corrected chi connectivity index (χ0v) is 23.6. The van der Waals surface area contributed by atoms with Crippen LogP contribution in [0, 0.1) is 46.8 Å². The van der Waals surface area contributed by atoms with Crippen LogP contribution in [0.25, 0.3) is 0 Å². The highest BCUT2D eigenvalue weighted by molar-refractivity contribution is 6.01. The first-order valence-electron chi connectivity index (χ1n) is 15.6. The van der Waals surface area contributed by atoms with Crippen molar-refractivity contribution in [3.05, 3.63) is 0 Å². The molecule has 9 aliphatic rings. The van der Waals surface area contributed by atoms with E-state index < -0.39 is 40.1 Å². The first-order valence-corrected chi connectivity index (χ1v) is 15.6. The summed E-state index contributed by atoms with van der Waals surface area (Å²) in [6, 6.07) is 0. The number of hydrogen-bond donors (Lipinski definition) is 0. The van der Waals surface area contributed by atoms with Gasteiger partial charge in [-0.2, -0.15) is 0 Å². The van der Waals surface area contributed by atoms with E-state index in [1.54, 1.807) is 0 Å². The number of carbonyl (C=O) groups excluding carboxylic acids is 3. The molecule has 0 radical (unpaired) electrons. The molecule has 8 bridgehead atoms. The molecule has 9 aliphatic carbocycles. The van der Waals surface area contributed by atoms with Gasteiger partial charge < -0.3 is 14.2 Å². The highest BCUT2D eigenvalue weighted by Gasteiger charge is 2.62. The summed E-state index contributed by atoms with van der Waals surface area (Å²) in [5.41, 5.74) is -2.86. The molecule has 0 heterocycles. The van der Waals surface area contributed by atoms with Gasteiger partial charge in [0, 0.05) is 0 Å². The SMILES string of the molecule is CC(C)(C)OC(=O)C1CCC(C(=O)OC23CC4CC(CC(C4)C2)C3)(C(=O)OC23CC4CC(CC(C4)C2)C3)C1. The van der Waals surface area contributed by atoms with Gasteiger partial charge in [0.1, 0.15) is 16.8 Å². The monoisotopic (exact) mass is 526 g/mol. The number of rotatable bonds is 5. The van der Waals surface area contributed by atoms with E-state index in [1.165, 1.54) is 38.5 Å². The van der Waals surface area contributed by atoms with Gasteiger partial charge in [-0.1, -0.05) is 0 Å². The minimum Gasteiger partial charge on any atom is -0.460 e. The van der Waals surface area contributed by atoms with Crippen LogP contribution in [0.5, 0.6) is 0 Å². The van der Waals surface area contributed by atoms with Crippen molar-refractivity contribution < 1.29 is 28.6 Å². The largest absolute Gasteiger partial charge is 0.460 e. The van der Waals surface area contributed by atoms with Gasteiger partial charge >= 0.3 is 17.9 Å². The van der Waals surface area contributed by atoms with Crippen molar-refractivity contribution in [1.29, 1.82) is 0 Å². The Labute approximate surface area is 227 Å². The summed E-state index contributed by atoms with van der Waals surface area (Å²) in [5.74, 6) is 2.21. The lowest BCUT2D eigenvalue weighted by Gasteiger charge is -2.57. The van der Waals surface area contributed by atoms with Crippen molar-refractivity contribution in [2.24, 2.45) is 46.8 Å². The summed E-state index contributed by atoms with van der Waals surface area (Å²) >= 11 is 0. The lowest BCUT2D eigenvalue weighted by Crippen LogP contribution is -2.57. The number of hydrogen-bond acceptors (Lipinski definition) is 6. The lowest BCUT2D eigenvalue weighted by molar-refractivity contribution is -0.213. The third-order valence-corrected chi connectivity index (χ3v) is 11.6. The number of carbonyl (C=O) groups is 3. The van der Waals surface area contributed by atoms with Gasteiger partial charge in [-0.15, -0.1) is 0 Å². The van der Waals surface area contributed by atoms with Crippen LogP contribution in [0.4, 0.5) is 0 Å². The van der Waals surface area contributed by atoms with Gasteiger partial charge in [0.15, 0.2) is 5.41 Å². The summed E-state index contributed by atoms with van der Waals surface area (Å²) < 4.78 is 18.7. The Morgan fingerprint density at radius 2 is 0.974 bits per heavy atom. The van der Waals surface area contributed by atoms with Gasteiger partial charge in [-0.3, -0.25) is 14.4 Å². The molecule has 0 spiro atoms. The van der Waals surface area contributed by atoms with Gasteiger partial charge in [-0.05, 0) is 153 Å². The normalized spacial score (nSPS) is 48.2. The molecule has 9 fully saturated rings. The molecular formula is C32H46O6. The van der Waals surface area contributed by atoms with Crippen molar-refractivity contribution in [2.75, 3.05) is 0 Å². The molecule has 1 unspecified atom stereocenters. The lowest BCUT2D eigenvalue weighted by atomic mass is 9.54. The van der Waals surface area contributed by atoms with Gasteiger partial charge in [0.25, 0.3) is 0 Å². The highest BCUT2D eigenvalue weighted by atomic mass is 16.6. The van der Waals surface area contributed by atoms with Crippen molar-refractivity contribution >= 4 is 17.9 Å². The Bertz CT molecular complexity index is 891. The van der Waals surface area contributed by atoms with E-state index in [-0.39, 0.29) is 12.4 Å². The van der Waals surface area contributed by atoms with Crippen LogP contribution < -0.4 is 0 Å². The minimum atomic E-state index is -1.39. The average Bonchev–Trinajstić information content (AvgIpc) is 3.23. The van der Waals surface area contributed by atoms with Crippen molar-refractivity contribution in [3.8, 4) is 0 Å². The van der Waals surface area contributed by atoms with Crippen LogP contribution in [-0.4, -0.2) is 34.7 Å². The molecule has 9 saturated carbocycles. The molecule has 0 amide bonds. The molecule has 38 heavy (non-hydrogen) atoms. The fraction of sp³-hybridized carbons (Fsp3) is 0.906. The summed E-state index contributed by atoms with van der Waals surface area (Å²) in [6.07, 6.45) is 14.1. The topological polar surface area (TPSA) is 78.9 Å². The predicted octanol–water partition coefficient (Wildman–Crippen LogP) is 6.14. The Kier molecular flexibility index (Phi) is 5.65. The van der Waals surface area contributed by atoms with E-state index in [4.69, 9.17) is 14.2 Å². The van der Waals surface area contributed by atoms with E-state index in [9.17, 15) is 14.4 Å². The average molecular weight is 527 g/mol. The van der Waals surface area contributed by atoms with Gasteiger partial charge in [0.05, 0.1) is 5.92 Å². The maximum absolute atomic E-state index is 14.3. The van der Waals surface area contributed by atoms with Crippen LogP contribution in [0.15, 0.2) is 0 Å². The highest BCUT2D eigenvalue weighted by Crippen LogP contribution is 2.60. The molecule has 210 valence electrons. The Morgan fingerprint density at radius 1 is 0.605 bits per heavy atom. The number of esters is 3. The van der Waals surface area contributed by atoms with E-state index in [2.05, 4.69) is 0 Å². The van der Waals surface area contributed by atoms with E-state index in [0.717, 1.165) is 38.5 Å². The third-order valence-electron chi connectivity index (χ3n) is 11.6. The Morgan fingerprint density at radius 3 is 1.32 bits per heavy atom. The Balaban J connectivity index is 1.15. The first kappa shape index (κ1) is 25.4. The van der Waals surface area contributed by atoms with Crippen LogP contribution in [0.3, 0.4) is 0 Å². The third kappa shape index (κ3) is 4.31. The first-order chi connectivity index (χ1) is 17.9. The van der Waals surface area contributed by atoms with E-state index in [1.807, 2.05) is 20.8 Å². The molecule has 1 atom stereocenters. The molecule has 0 aliphatic heterocycles. The smallest absolute Gasteiger partial charge is 0.324 e. The molecule has 0 N–H and O–H groups in total. The van der Waals surface area contributed by atoms with Crippen LogP contribution in [0.2, 0.25) is 0 Å².